The van der Waals surface area contributed by atoms with E-state index in [-0.39, 0.29) is 22.7 Å². The summed E-state index contributed by atoms with van der Waals surface area (Å²) in [6, 6.07) is 10.4. The molecule has 2 aromatic carbocycles. The van der Waals surface area contributed by atoms with Crippen molar-refractivity contribution in [2.24, 2.45) is 5.10 Å². The van der Waals surface area contributed by atoms with Gasteiger partial charge < -0.3 is 9.84 Å². The summed E-state index contributed by atoms with van der Waals surface area (Å²) in [5.41, 5.74) is 5.70. The molecule has 0 aliphatic carbocycles. The smallest absolute Gasteiger partial charge is 0.274 e. The molecule has 138 valence electrons. The van der Waals surface area contributed by atoms with Crippen LogP contribution in [0.5, 0.6) is 11.5 Å². The molecule has 0 atom stereocenters. The van der Waals surface area contributed by atoms with Gasteiger partial charge in [-0.05, 0) is 6.92 Å². The van der Waals surface area contributed by atoms with Crippen molar-refractivity contribution in [3.05, 3.63) is 63.0 Å². The van der Waals surface area contributed by atoms with Crippen LogP contribution in [0.1, 0.15) is 11.1 Å². The van der Waals surface area contributed by atoms with Crippen LogP contribution in [0.25, 0.3) is 11.3 Å². The molecule has 0 unspecified atom stereocenters. The Hall–Kier alpha value is -3.46. The van der Waals surface area contributed by atoms with E-state index in [1.807, 2.05) is 36.6 Å². The summed E-state index contributed by atoms with van der Waals surface area (Å²) < 4.78 is 4.95. The summed E-state index contributed by atoms with van der Waals surface area (Å²) in [5.74, 6) is -0.227. The topological polar surface area (TPSA) is 110 Å². The van der Waals surface area contributed by atoms with E-state index in [0.717, 1.165) is 17.3 Å². The van der Waals surface area contributed by atoms with Crippen LogP contribution in [0.2, 0.25) is 0 Å². The Kier molecular flexibility index (Phi) is 5.32. The first-order chi connectivity index (χ1) is 13.0. The van der Waals surface area contributed by atoms with Gasteiger partial charge in [0.05, 0.1) is 30.0 Å². The number of hydrogen-bond donors (Lipinski definition) is 2. The van der Waals surface area contributed by atoms with Crippen LogP contribution < -0.4 is 10.2 Å². The number of anilines is 1. The van der Waals surface area contributed by atoms with E-state index in [1.54, 1.807) is 0 Å². The summed E-state index contributed by atoms with van der Waals surface area (Å²) in [6.07, 6.45) is 1.28. The van der Waals surface area contributed by atoms with E-state index in [4.69, 9.17) is 4.74 Å². The quantitative estimate of drug-likeness (QED) is 0.375. The molecule has 1 heterocycles. The normalized spacial score (nSPS) is 10.9. The van der Waals surface area contributed by atoms with Crippen LogP contribution >= 0.6 is 11.3 Å². The Morgan fingerprint density at radius 2 is 2.07 bits per heavy atom. The van der Waals surface area contributed by atoms with Gasteiger partial charge in [-0.15, -0.1) is 11.3 Å². The third-order valence-corrected chi connectivity index (χ3v) is 4.48. The molecular weight excluding hydrogens is 368 g/mol. The lowest BCUT2D eigenvalue weighted by Gasteiger charge is -2.05. The lowest BCUT2D eigenvalue weighted by molar-refractivity contribution is -0.385. The number of aryl methyl sites for hydroxylation is 1. The number of nitrogens with one attached hydrogen (secondary N) is 1. The predicted molar refractivity (Wildman–Crippen MR) is 105 cm³/mol. The van der Waals surface area contributed by atoms with Crippen molar-refractivity contribution in [1.82, 2.24) is 4.98 Å². The zero-order valence-electron chi connectivity index (χ0n) is 14.5. The number of hydrogen-bond acceptors (Lipinski definition) is 8. The highest BCUT2D eigenvalue weighted by molar-refractivity contribution is 7.14. The van der Waals surface area contributed by atoms with Gasteiger partial charge in [0.2, 0.25) is 5.13 Å². The molecule has 2 N–H and O–H groups in total. The zero-order valence-corrected chi connectivity index (χ0v) is 15.4. The number of non-ortho nitro benzene ring substituents is 1. The Morgan fingerprint density at radius 1 is 1.33 bits per heavy atom. The van der Waals surface area contributed by atoms with Gasteiger partial charge in [-0.3, -0.25) is 15.5 Å². The number of nitrogens with zero attached hydrogens (tertiary/aromatic N) is 3. The molecule has 3 aromatic rings. The highest BCUT2D eigenvalue weighted by Crippen LogP contribution is 2.33. The average molecular weight is 384 g/mol. The first kappa shape index (κ1) is 18.3. The average Bonchev–Trinajstić information content (AvgIpc) is 3.12. The molecule has 0 amide bonds. The maximum absolute atomic E-state index is 11.0. The maximum Gasteiger partial charge on any atom is 0.274 e. The van der Waals surface area contributed by atoms with Crippen molar-refractivity contribution in [3.8, 4) is 22.8 Å². The number of benzene rings is 2. The van der Waals surface area contributed by atoms with Crippen molar-refractivity contribution < 1.29 is 14.8 Å². The molecule has 0 aliphatic rings. The van der Waals surface area contributed by atoms with E-state index in [9.17, 15) is 15.2 Å². The third kappa shape index (κ3) is 4.21. The van der Waals surface area contributed by atoms with Crippen LogP contribution in [0.3, 0.4) is 0 Å². The second kappa shape index (κ2) is 7.83. The molecule has 3 rings (SSSR count). The second-order valence-corrected chi connectivity index (χ2v) is 6.48. The monoisotopic (exact) mass is 384 g/mol. The summed E-state index contributed by atoms with van der Waals surface area (Å²) in [7, 11) is 1.32. The fourth-order valence-corrected chi connectivity index (χ4v) is 2.98. The maximum atomic E-state index is 11.0. The Morgan fingerprint density at radius 3 is 2.74 bits per heavy atom. The molecule has 0 radical (unpaired) electrons. The SMILES string of the molecule is COc1cc([N+](=O)[O-])cc(/C=N/Nc2nc(-c3ccc(C)cc3)cs2)c1O. The number of hydrazone groups is 1. The van der Waals surface area contributed by atoms with E-state index in [0.29, 0.717) is 5.13 Å². The summed E-state index contributed by atoms with van der Waals surface area (Å²) >= 11 is 1.37. The van der Waals surface area contributed by atoms with Crippen molar-refractivity contribution in [3.63, 3.8) is 0 Å². The number of nitro groups is 1. The van der Waals surface area contributed by atoms with E-state index < -0.39 is 4.92 Å². The Balaban J connectivity index is 1.77. The minimum Gasteiger partial charge on any atom is -0.504 e. The second-order valence-electron chi connectivity index (χ2n) is 5.62. The first-order valence-corrected chi connectivity index (χ1v) is 8.73. The lowest BCUT2D eigenvalue weighted by atomic mass is 10.1. The van der Waals surface area contributed by atoms with Crippen LogP contribution in [0, 0.1) is 17.0 Å². The standard InChI is InChI=1S/C18H16N4O4S/c1-11-3-5-12(6-4-11)15-10-27-18(20-15)21-19-9-13-7-14(22(24)25)8-16(26-2)17(13)23/h3-10,23H,1-2H3,(H,20,21)/b19-9+. The summed E-state index contributed by atoms with van der Waals surface area (Å²) in [5, 5.41) is 27.5. The first-order valence-electron chi connectivity index (χ1n) is 7.85. The number of rotatable bonds is 6. The fourth-order valence-electron chi connectivity index (χ4n) is 2.31. The van der Waals surface area contributed by atoms with Crippen LogP contribution in [-0.2, 0) is 0 Å². The fraction of sp³-hybridized carbons (Fsp3) is 0.111. The summed E-state index contributed by atoms with van der Waals surface area (Å²) in [6.45, 7) is 2.02. The number of methoxy groups -OCH3 is 1. The highest BCUT2D eigenvalue weighted by Gasteiger charge is 2.15. The predicted octanol–water partition coefficient (Wildman–Crippen LogP) is 4.19. The number of aromatic nitrogens is 1. The molecule has 9 heteroatoms. The molecular formula is C18H16N4O4S. The van der Waals surface area contributed by atoms with E-state index in [1.165, 1.54) is 36.3 Å². The van der Waals surface area contributed by atoms with E-state index in [2.05, 4.69) is 15.5 Å². The van der Waals surface area contributed by atoms with Gasteiger partial charge >= 0.3 is 0 Å². The number of phenols is 1. The molecule has 0 saturated carbocycles. The van der Waals surface area contributed by atoms with Crippen LogP contribution in [0.15, 0.2) is 46.9 Å². The molecule has 27 heavy (non-hydrogen) atoms. The molecule has 0 aliphatic heterocycles. The van der Waals surface area contributed by atoms with Crippen molar-refractivity contribution in [2.45, 2.75) is 6.92 Å². The lowest BCUT2D eigenvalue weighted by Crippen LogP contribution is -1.96. The van der Waals surface area contributed by atoms with Gasteiger partial charge in [0.15, 0.2) is 11.5 Å². The Labute approximate surface area is 158 Å². The van der Waals surface area contributed by atoms with Gasteiger partial charge in [-0.25, -0.2) is 4.98 Å². The summed E-state index contributed by atoms with van der Waals surface area (Å²) in [4.78, 5) is 14.9. The number of nitro benzene ring substituents is 1. The van der Waals surface area contributed by atoms with Gasteiger partial charge in [0.25, 0.3) is 5.69 Å². The number of thiazole rings is 1. The molecule has 0 spiro atoms. The van der Waals surface area contributed by atoms with Crippen molar-refractivity contribution in [1.29, 1.82) is 0 Å². The van der Waals surface area contributed by atoms with E-state index >= 15 is 0 Å². The Bertz CT molecular complexity index is 999. The van der Waals surface area contributed by atoms with Gasteiger partial charge in [-0.1, -0.05) is 29.8 Å². The van der Waals surface area contributed by atoms with Crippen LogP contribution in [-0.4, -0.2) is 28.3 Å². The molecule has 0 bridgehead atoms. The largest absolute Gasteiger partial charge is 0.504 e. The molecule has 8 nitrogen and oxygen atoms in total. The number of ether oxygens (including phenoxy) is 1. The van der Waals surface area contributed by atoms with Gasteiger partial charge in [0, 0.05) is 22.6 Å². The van der Waals surface area contributed by atoms with Gasteiger partial charge in [0.1, 0.15) is 0 Å². The number of phenolic OH excluding ortho intramolecular Hbond substituents is 1. The minimum atomic E-state index is -0.568. The minimum absolute atomic E-state index is 0.00144. The van der Waals surface area contributed by atoms with Gasteiger partial charge in [-0.2, -0.15) is 5.10 Å². The van der Waals surface area contributed by atoms with Crippen molar-refractivity contribution in [2.75, 3.05) is 12.5 Å². The molecule has 0 fully saturated rings. The van der Waals surface area contributed by atoms with Crippen LogP contribution in [0.4, 0.5) is 10.8 Å². The molecule has 0 saturated heterocycles. The zero-order chi connectivity index (χ0) is 19.4. The molecule has 1 aromatic heterocycles. The highest BCUT2D eigenvalue weighted by atomic mass is 32.1. The third-order valence-electron chi connectivity index (χ3n) is 3.74. The van der Waals surface area contributed by atoms with Crippen molar-refractivity contribution >= 4 is 28.4 Å². The number of aromatic hydroxyl groups is 1.